The van der Waals surface area contributed by atoms with Gasteiger partial charge in [-0.2, -0.15) is 0 Å². The topological polar surface area (TPSA) is 12.0 Å². The van der Waals surface area contributed by atoms with Gasteiger partial charge in [-0.05, 0) is 42.3 Å². The molecule has 0 fully saturated rings. The van der Waals surface area contributed by atoms with Crippen LogP contribution in [0.1, 0.15) is 52.2 Å². The average Bonchev–Trinajstić information content (AvgIpc) is 2.30. The Labute approximate surface area is 113 Å². The van der Waals surface area contributed by atoms with E-state index >= 15 is 0 Å². The molecule has 2 unspecified atom stereocenters. The van der Waals surface area contributed by atoms with Gasteiger partial charge in [-0.3, -0.25) is 0 Å². The number of rotatable bonds is 5. The van der Waals surface area contributed by atoms with Crippen LogP contribution in [0.15, 0.2) is 24.3 Å². The van der Waals surface area contributed by atoms with Crippen molar-refractivity contribution in [3.05, 3.63) is 35.4 Å². The van der Waals surface area contributed by atoms with Crippen molar-refractivity contribution in [1.82, 2.24) is 5.32 Å². The highest BCUT2D eigenvalue weighted by Gasteiger charge is 2.15. The lowest BCUT2D eigenvalue weighted by Crippen LogP contribution is -2.32. The summed E-state index contributed by atoms with van der Waals surface area (Å²) in [6.45, 7) is 11.4. The third-order valence-corrected chi connectivity index (χ3v) is 3.88. The van der Waals surface area contributed by atoms with Gasteiger partial charge in [-0.15, -0.1) is 0 Å². The third-order valence-electron chi connectivity index (χ3n) is 3.88. The normalized spacial score (nSPS) is 15.4. The van der Waals surface area contributed by atoms with Crippen LogP contribution in [-0.4, -0.2) is 13.1 Å². The molecular formula is C17H29N. The maximum atomic E-state index is 3.41. The van der Waals surface area contributed by atoms with Crippen molar-refractivity contribution in [2.24, 2.45) is 5.92 Å². The first kappa shape index (κ1) is 15.2. The molecule has 1 N–H and O–H groups in total. The summed E-state index contributed by atoms with van der Waals surface area (Å²) in [4.78, 5) is 0. The van der Waals surface area contributed by atoms with Crippen molar-refractivity contribution in [1.29, 1.82) is 0 Å². The molecule has 2 atom stereocenters. The number of hydrogen-bond acceptors (Lipinski definition) is 1. The van der Waals surface area contributed by atoms with Gasteiger partial charge in [-0.25, -0.2) is 0 Å². The summed E-state index contributed by atoms with van der Waals surface area (Å²) >= 11 is 0. The van der Waals surface area contributed by atoms with Crippen molar-refractivity contribution < 1.29 is 0 Å². The molecule has 1 heteroatoms. The first-order valence-electron chi connectivity index (χ1n) is 7.15. The van der Waals surface area contributed by atoms with E-state index in [1.54, 1.807) is 0 Å². The molecule has 0 spiro atoms. The second-order valence-corrected chi connectivity index (χ2v) is 6.43. The van der Waals surface area contributed by atoms with E-state index in [-0.39, 0.29) is 5.41 Å². The molecule has 0 aliphatic carbocycles. The maximum Gasteiger partial charge on any atom is 0.00902 e. The smallest absolute Gasteiger partial charge is 0.00902 e. The van der Waals surface area contributed by atoms with Crippen LogP contribution in [0.3, 0.4) is 0 Å². The average molecular weight is 247 g/mol. The van der Waals surface area contributed by atoms with Crippen LogP contribution in [0.25, 0.3) is 0 Å². The maximum absolute atomic E-state index is 3.41. The SMILES string of the molecule is CCC(NC)C(C)Cc1ccc(C(C)(C)C)cc1. The van der Waals surface area contributed by atoms with Gasteiger partial charge >= 0.3 is 0 Å². The van der Waals surface area contributed by atoms with E-state index in [0.717, 1.165) is 6.42 Å². The first-order valence-corrected chi connectivity index (χ1v) is 7.15. The lowest BCUT2D eigenvalue weighted by molar-refractivity contribution is 0.386. The number of nitrogens with one attached hydrogen (secondary N) is 1. The minimum absolute atomic E-state index is 0.251. The lowest BCUT2D eigenvalue weighted by Gasteiger charge is -2.23. The van der Waals surface area contributed by atoms with E-state index in [1.807, 2.05) is 0 Å². The van der Waals surface area contributed by atoms with Gasteiger partial charge in [0.15, 0.2) is 0 Å². The zero-order chi connectivity index (χ0) is 13.8. The molecule has 0 heterocycles. The van der Waals surface area contributed by atoms with Crippen molar-refractivity contribution in [2.75, 3.05) is 7.05 Å². The molecule has 0 amide bonds. The fourth-order valence-corrected chi connectivity index (χ4v) is 2.55. The molecule has 0 radical (unpaired) electrons. The van der Waals surface area contributed by atoms with Gasteiger partial charge in [-0.1, -0.05) is 58.9 Å². The van der Waals surface area contributed by atoms with E-state index in [2.05, 4.69) is 71.2 Å². The summed E-state index contributed by atoms with van der Waals surface area (Å²) in [6, 6.07) is 9.76. The Balaban J connectivity index is 2.69. The molecule has 0 aliphatic heterocycles. The zero-order valence-corrected chi connectivity index (χ0v) is 12.9. The minimum Gasteiger partial charge on any atom is -0.317 e. The van der Waals surface area contributed by atoms with Gasteiger partial charge < -0.3 is 5.32 Å². The summed E-state index contributed by atoms with van der Waals surface area (Å²) in [5, 5.41) is 3.41. The summed E-state index contributed by atoms with van der Waals surface area (Å²) in [5.74, 6) is 0.681. The Morgan fingerprint density at radius 2 is 1.67 bits per heavy atom. The highest BCUT2D eigenvalue weighted by Crippen LogP contribution is 2.23. The second kappa shape index (κ2) is 6.38. The highest BCUT2D eigenvalue weighted by molar-refractivity contribution is 5.27. The molecule has 0 saturated heterocycles. The summed E-state index contributed by atoms with van der Waals surface area (Å²) in [5.41, 5.74) is 3.12. The van der Waals surface area contributed by atoms with Gasteiger partial charge in [0, 0.05) is 6.04 Å². The van der Waals surface area contributed by atoms with E-state index in [9.17, 15) is 0 Å². The van der Waals surface area contributed by atoms with Crippen molar-refractivity contribution in [3.8, 4) is 0 Å². The van der Waals surface area contributed by atoms with E-state index in [0.29, 0.717) is 12.0 Å². The Kier molecular flexibility index (Phi) is 5.40. The van der Waals surface area contributed by atoms with E-state index in [4.69, 9.17) is 0 Å². The zero-order valence-electron chi connectivity index (χ0n) is 12.9. The van der Waals surface area contributed by atoms with Gasteiger partial charge in [0.1, 0.15) is 0 Å². The van der Waals surface area contributed by atoms with Crippen LogP contribution < -0.4 is 5.32 Å². The van der Waals surface area contributed by atoms with Crippen molar-refractivity contribution in [2.45, 2.75) is 58.9 Å². The number of hydrogen-bond donors (Lipinski definition) is 1. The molecule has 102 valence electrons. The van der Waals surface area contributed by atoms with Gasteiger partial charge in [0.25, 0.3) is 0 Å². The van der Waals surface area contributed by atoms with E-state index in [1.165, 1.54) is 17.5 Å². The Bertz CT molecular complexity index is 341. The summed E-state index contributed by atoms with van der Waals surface area (Å²) < 4.78 is 0. The molecule has 0 bridgehead atoms. The van der Waals surface area contributed by atoms with Crippen LogP contribution in [0.2, 0.25) is 0 Å². The lowest BCUT2D eigenvalue weighted by atomic mass is 9.85. The molecule has 1 nitrogen and oxygen atoms in total. The fraction of sp³-hybridized carbons (Fsp3) is 0.647. The molecule has 18 heavy (non-hydrogen) atoms. The van der Waals surface area contributed by atoms with Crippen LogP contribution in [0.5, 0.6) is 0 Å². The molecule has 1 aromatic rings. The Hall–Kier alpha value is -0.820. The first-order chi connectivity index (χ1) is 8.38. The predicted molar refractivity (Wildman–Crippen MR) is 81.1 cm³/mol. The quantitative estimate of drug-likeness (QED) is 0.824. The van der Waals surface area contributed by atoms with Crippen LogP contribution in [0.4, 0.5) is 0 Å². The number of benzene rings is 1. The highest BCUT2D eigenvalue weighted by atomic mass is 14.9. The fourth-order valence-electron chi connectivity index (χ4n) is 2.55. The molecule has 0 saturated carbocycles. The predicted octanol–water partition coefficient (Wildman–Crippen LogP) is 4.16. The summed E-state index contributed by atoms with van der Waals surface area (Å²) in [7, 11) is 2.06. The monoisotopic (exact) mass is 247 g/mol. The Morgan fingerprint density at radius 1 is 1.11 bits per heavy atom. The largest absolute Gasteiger partial charge is 0.317 e. The third kappa shape index (κ3) is 4.13. The van der Waals surface area contributed by atoms with E-state index < -0.39 is 0 Å². The van der Waals surface area contributed by atoms with Gasteiger partial charge in [0.2, 0.25) is 0 Å². The molecule has 0 aromatic heterocycles. The molecule has 1 rings (SSSR count). The second-order valence-electron chi connectivity index (χ2n) is 6.43. The van der Waals surface area contributed by atoms with Crippen molar-refractivity contribution in [3.63, 3.8) is 0 Å². The van der Waals surface area contributed by atoms with Crippen LogP contribution in [0, 0.1) is 5.92 Å². The molecule has 0 aliphatic rings. The molecule has 1 aromatic carbocycles. The van der Waals surface area contributed by atoms with Crippen LogP contribution in [-0.2, 0) is 11.8 Å². The standard InChI is InChI=1S/C17H29N/c1-7-16(18-6)13(2)12-14-8-10-15(11-9-14)17(3,4)5/h8-11,13,16,18H,7,12H2,1-6H3. The van der Waals surface area contributed by atoms with Gasteiger partial charge in [0.05, 0.1) is 0 Å². The Morgan fingerprint density at radius 3 is 2.06 bits per heavy atom. The van der Waals surface area contributed by atoms with Crippen molar-refractivity contribution >= 4 is 0 Å². The molecular weight excluding hydrogens is 218 g/mol. The minimum atomic E-state index is 0.251. The van der Waals surface area contributed by atoms with Crippen LogP contribution >= 0.6 is 0 Å². The summed E-state index contributed by atoms with van der Waals surface area (Å²) in [6.07, 6.45) is 2.35.